The average Bonchev–Trinajstić information content (AvgIpc) is 2.48. The second kappa shape index (κ2) is 9.61. The molecule has 4 N–H and O–H groups in total. The van der Waals surface area contributed by atoms with E-state index in [1.807, 2.05) is 12.1 Å². The molecular weight excluding hydrogens is 252 g/mol. The molecule has 0 aliphatic carbocycles. The van der Waals surface area contributed by atoms with Gasteiger partial charge in [-0.15, -0.1) is 0 Å². The summed E-state index contributed by atoms with van der Waals surface area (Å²) in [5.41, 5.74) is 13.6. The molecule has 0 saturated carbocycles. The fraction of sp³-hybridized carbons (Fsp3) is 0.625. The predicted octanol–water partition coefficient (Wildman–Crippen LogP) is 2.96. The molecule has 0 atom stereocenters. The largest absolute Gasteiger partial charge is 0.493 e. The number of ether oxygens (including phenoxy) is 2. The molecule has 1 rings (SSSR count). The zero-order chi connectivity index (χ0) is 14.8. The maximum absolute atomic E-state index is 5.81. The van der Waals surface area contributed by atoms with E-state index in [4.69, 9.17) is 20.9 Å². The van der Waals surface area contributed by atoms with Crippen LogP contribution in [0.2, 0.25) is 0 Å². The SMILES string of the molecule is CCCCOc1cc(OCCCC)c(CN)cc1CN. The lowest BCUT2D eigenvalue weighted by atomic mass is 10.1. The maximum Gasteiger partial charge on any atom is 0.127 e. The molecule has 0 heterocycles. The number of rotatable bonds is 10. The van der Waals surface area contributed by atoms with Crippen LogP contribution in [0.25, 0.3) is 0 Å². The smallest absolute Gasteiger partial charge is 0.127 e. The molecule has 0 aliphatic rings. The molecule has 1 aromatic rings. The highest BCUT2D eigenvalue weighted by molar-refractivity contribution is 5.46. The monoisotopic (exact) mass is 280 g/mol. The van der Waals surface area contributed by atoms with Gasteiger partial charge >= 0.3 is 0 Å². The first-order valence-corrected chi connectivity index (χ1v) is 7.58. The minimum Gasteiger partial charge on any atom is -0.493 e. The van der Waals surface area contributed by atoms with E-state index in [1.165, 1.54) is 0 Å². The van der Waals surface area contributed by atoms with E-state index < -0.39 is 0 Å². The van der Waals surface area contributed by atoms with Crippen LogP contribution in [0, 0.1) is 0 Å². The molecule has 0 amide bonds. The quantitative estimate of drug-likeness (QED) is 0.646. The Labute approximate surface area is 122 Å². The molecule has 0 spiro atoms. The van der Waals surface area contributed by atoms with Crippen molar-refractivity contribution >= 4 is 0 Å². The van der Waals surface area contributed by atoms with Gasteiger partial charge in [-0.2, -0.15) is 0 Å². The van der Waals surface area contributed by atoms with E-state index in [0.29, 0.717) is 26.3 Å². The van der Waals surface area contributed by atoms with E-state index in [-0.39, 0.29) is 0 Å². The fourth-order valence-electron chi connectivity index (χ4n) is 1.90. The predicted molar refractivity (Wildman–Crippen MR) is 83.0 cm³/mol. The van der Waals surface area contributed by atoms with Gasteiger partial charge in [0.2, 0.25) is 0 Å². The molecule has 0 saturated heterocycles. The Morgan fingerprint density at radius 1 is 0.800 bits per heavy atom. The summed E-state index contributed by atoms with van der Waals surface area (Å²) in [7, 11) is 0. The highest BCUT2D eigenvalue weighted by atomic mass is 16.5. The first-order valence-electron chi connectivity index (χ1n) is 7.58. The minimum atomic E-state index is 0.448. The third-order valence-electron chi connectivity index (χ3n) is 3.19. The second-order valence-corrected chi connectivity index (χ2v) is 4.88. The standard InChI is InChI=1S/C16H28N2O2/c1-3-5-7-19-15-10-16(20-8-6-4-2)14(12-18)9-13(15)11-17/h9-10H,3-8,11-12,17-18H2,1-2H3. The molecule has 20 heavy (non-hydrogen) atoms. The van der Waals surface area contributed by atoms with Crippen LogP contribution in [0.3, 0.4) is 0 Å². The molecule has 0 fully saturated rings. The average molecular weight is 280 g/mol. The van der Waals surface area contributed by atoms with E-state index in [0.717, 1.165) is 48.3 Å². The van der Waals surface area contributed by atoms with Crippen molar-refractivity contribution in [1.29, 1.82) is 0 Å². The van der Waals surface area contributed by atoms with Crippen molar-refractivity contribution in [3.8, 4) is 11.5 Å². The lowest BCUT2D eigenvalue weighted by Gasteiger charge is -2.16. The number of unbranched alkanes of at least 4 members (excludes halogenated alkanes) is 2. The Bertz CT molecular complexity index is 361. The van der Waals surface area contributed by atoms with E-state index in [2.05, 4.69) is 13.8 Å². The van der Waals surface area contributed by atoms with Gasteiger partial charge < -0.3 is 20.9 Å². The molecule has 4 heteroatoms. The van der Waals surface area contributed by atoms with Crippen LogP contribution in [-0.2, 0) is 13.1 Å². The molecule has 0 aliphatic heterocycles. The summed E-state index contributed by atoms with van der Waals surface area (Å²) < 4.78 is 11.6. The topological polar surface area (TPSA) is 70.5 Å². The van der Waals surface area contributed by atoms with Gasteiger partial charge in [0, 0.05) is 30.3 Å². The van der Waals surface area contributed by atoms with Crippen LogP contribution >= 0.6 is 0 Å². The van der Waals surface area contributed by atoms with Crippen LogP contribution in [0.4, 0.5) is 0 Å². The van der Waals surface area contributed by atoms with Crippen molar-refractivity contribution in [1.82, 2.24) is 0 Å². The first kappa shape index (κ1) is 16.8. The van der Waals surface area contributed by atoms with Crippen molar-refractivity contribution in [3.63, 3.8) is 0 Å². The molecule has 114 valence electrons. The first-order chi connectivity index (χ1) is 9.76. The lowest BCUT2D eigenvalue weighted by molar-refractivity contribution is 0.290. The maximum atomic E-state index is 5.81. The van der Waals surface area contributed by atoms with Crippen LogP contribution in [-0.4, -0.2) is 13.2 Å². The fourth-order valence-corrected chi connectivity index (χ4v) is 1.90. The van der Waals surface area contributed by atoms with Gasteiger partial charge in [-0.25, -0.2) is 0 Å². The Morgan fingerprint density at radius 3 is 1.60 bits per heavy atom. The van der Waals surface area contributed by atoms with Gasteiger partial charge in [0.05, 0.1) is 13.2 Å². The normalized spacial score (nSPS) is 10.6. The Morgan fingerprint density at radius 2 is 1.25 bits per heavy atom. The number of nitrogens with two attached hydrogens (primary N) is 2. The molecule has 0 aromatic heterocycles. The van der Waals surface area contributed by atoms with Crippen LogP contribution in [0.15, 0.2) is 12.1 Å². The summed E-state index contributed by atoms with van der Waals surface area (Å²) >= 11 is 0. The summed E-state index contributed by atoms with van der Waals surface area (Å²) in [6.07, 6.45) is 4.29. The van der Waals surface area contributed by atoms with Crippen LogP contribution in [0.1, 0.15) is 50.7 Å². The molecule has 1 aromatic carbocycles. The zero-order valence-electron chi connectivity index (χ0n) is 12.8. The van der Waals surface area contributed by atoms with Gasteiger partial charge in [-0.3, -0.25) is 0 Å². The molecule has 0 radical (unpaired) electrons. The number of hydrogen-bond donors (Lipinski definition) is 2. The van der Waals surface area contributed by atoms with Crippen molar-refractivity contribution < 1.29 is 9.47 Å². The van der Waals surface area contributed by atoms with Gasteiger partial charge in [0.15, 0.2) is 0 Å². The van der Waals surface area contributed by atoms with Gasteiger partial charge in [0.25, 0.3) is 0 Å². The van der Waals surface area contributed by atoms with E-state index >= 15 is 0 Å². The third kappa shape index (κ3) is 5.02. The van der Waals surface area contributed by atoms with Gasteiger partial charge in [-0.1, -0.05) is 26.7 Å². The highest BCUT2D eigenvalue weighted by Crippen LogP contribution is 2.29. The van der Waals surface area contributed by atoms with E-state index in [9.17, 15) is 0 Å². The third-order valence-corrected chi connectivity index (χ3v) is 3.19. The Hall–Kier alpha value is -1.26. The van der Waals surface area contributed by atoms with E-state index in [1.54, 1.807) is 0 Å². The summed E-state index contributed by atoms with van der Waals surface area (Å²) in [5.74, 6) is 1.65. The highest BCUT2D eigenvalue weighted by Gasteiger charge is 2.10. The molecular formula is C16H28N2O2. The lowest BCUT2D eigenvalue weighted by Crippen LogP contribution is -2.09. The van der Waals surface area contributed by atoms with Crippen molar-refractivity contribution in [3.05, 3.63) is 23.3 Å². The summed E-state index contributed by atoms with van der Waals surface area (Å²) in [6, 6.07) is 3.94. The molecule has 0 bridgehead atoms. The van der Waals surface area contributed by atoms with Crippen LogP contribution in [0.5, 0.6) is 11.5 Å². The summed E-state index contributed by atoms with van der Waals surface area (Å²) in [5, 5.41) is 0. The van der Waals surface area contributed by atoms with Crippen molar-refractivity contribution in [2.24, 2.45) is 11.5 Å². The zero-order valence-corrected chi connectivity index (χ0v) is 12.8. The van der Waals surface area contributed by atoms with Gasteiger partial charge in [-0.05, 0) is 18.9 Å². The minimum absolute atomic E-state index is 0.448. The Kier molecular flexibility index (Phi) is 8.07. The number of benzene rings is 1. The number of hydrogen-bond acceptors (Lipinski definition) is 4. The molecule has 0 unspecified atom stereocenters. The summed E-state index contributed by atoms with van der Waals surface area (Å²) in [6.45, 7) is 6.60. The van der Waals surface area contributed by atoms with Gasteiger partial charge in [0.1, 0.15) is 11.5 Å². The molecule has 4 nitrogen and oxygen atoms in total. The Balaban J connectivity index is 2.87. The van der Waals surface area contributed by atoms with Crippen molar-refractivity contribution in [2.75, 3.05) is 13.2 Å². The summed E-state index contributed by atoms with van der Waals surface area (Å²) in [4.78, 5) is 0. The van der Waals surface area contributed by atoms with Crippen molar-refractivity contribution in [2.45, 2.75) is 52.6 Å². The van der Waals surface area contributed by atoms with Crippen LogP contribution < -0.4 is 20.9 Å². The second-order valence-electron chi connectivity index (χ2n) is 4.88.